The summed E-state index contributed by atoms with van der Waals surface area (Å²) in [7, 11) is 0. The van der Waals surface area contributed by atoms with Gasteiger partial charge in [-0.3, -0.25) is 4.79 Å². The van der Waals surface area contributed by atoms with Gasteiger partial charge < -0.3 is 10.6 Å². The van der Waals surface area contributed by atoms with E-state index < -0.39 is 5.82 Å². The predicted octanol–water partition coefficient (Wildman–Crippen LogP) is 4.95. The van der Waals surface area contributed by atoms with Gasteiger partial charge in [-0.15, -0.1) is 0 Å². The highest BCUT2D eigenvalue weighted by atomic mass is 79.9. The number of anilines is 2. The molecule has 0 saturated heterocycles. The summed E-state index contributed by atoms with van der Waals surface area (Å²) in [6.45, 7) is -0.0326. The zero-order valence-electron chi connectivity index (χ0n) is 10.6. The lowest BCUT2D eigenvalue weighted by atomic mass is 10.3. The van der Waals surface area contributed by atoms with E-state index in [1.54, 1.807) is 24.3 Å². The van der Waals surface area contributed by atoms with Crippen LogP contribution in [0.5, 0.6) is 0 Å². The summed E-state index contributed by atoms with van der Waals surface area (Å²) < 4.78 is 13.5. The van der Waals surface area contributed by atoms with Gasteiger partial charge in [0.1, 0.15) is 5.82 Å². The second-order valence-electron chi connectivity index (χ2n) is 4.13. The Morgan fingerprint density at radius 2 is 1.90 bits per heavy atom. The van der Waals surface area contributed by atoms with E-state index in [-0.39, 0.29) is 17.5 Å². The second kappa shape index (κ2) is 7.11. The van der Waals surface area contributed by atoms with Gasteiger partial charge in [0.25, 0.3) is 0 Å². The maximum atomic E-state index is 13.1. The van der Waals surface area contributed by atoms with Crippen LogP contribution in [0.4, 0.5) is 15.8 Å². The van der Waals surface area contributed by atoms with Gasteiger partial charge in [0.2, 0.25) is 5.91 Å². The molecule has 2 aromatic rings. The molecule has 0 bridgehead atoms. The summed E-state index contributed by atoms with van der Waals surface area (Å²) in [5.41, 5.74) is 0.975. The van der Waals surface area contributed by atoms with Crippen LogP contribution in [-0.4, -0.2) is 12.5 Å². The fraction of sp³-hybridized carbons (Fsp3) is 0.0714. The van der Waals surface area contributed by atoms with Crippen LogP contribution in [0.25, 0.3) is 0 Å². The minimum atomic E-state index is -0.460. The van der Waals surface area contributed by atoms with E-state index in [0.717, 1.165) is 0 Å². The Labute approximate surface area is 139 Å². The lowest BCUT2D eigenvalue weighted by Gasteiger charge is -2.11. The van der Waals surface area contributed by atoms with Crippen molar-refractivity contribution in [2.75, 3.05) is 17.2 Å². The van der Waals surface area contributed by atoms with Crippen LogP contribution in [0.2, 0.25) is 10.0 Å². The molecule has 2 rings (SSSR count). The first kappa shape index (κ1) is 16.1. The van der Waals surface area contributed by atoms with Crippen molar-refractivity contribution < 1.29 is 9.18 Å². The summed E-state index contributed by atoms with van der Waals surface area (Å²) in [6.07, 6.45) is 0. The standard InChI is InChI=1S/C14H10BrCl2FN2O/c15-9-5-8(18)6-11(17)14(9)19-7-13(21)20-12-4-2-1-3-10(12)16/h1-6,19H,7H2,(H,20,21). The first-order valence-corrected chi connectivity index (χ1v) is 7.45. The summed E-state index contributed by atoms with van der Waals surface area (Å²) in [4.78, 5) is 11.9. The molecule has 110 valence electrons. The number of carbonyl (C=O) groups is 1. The molecule has 7 heteroatoms. The molecule has 1 amide bonds. The number of para-hydroxylation sites is 1. The highest BCUT2D eigenvalue weighted by molar-refractivity contribution is 9.10. The van der Waals surface area contributed by atoms with Gasteiger partial charge in [0.15, 0.2) is 0 Å². The molecule has 0 saturated carbocycles. The molecule has 0 aliphatic rings. The summed E-state index contributed by atoms with van der Waals surface area (Å²) in [5, 5.41) is 6.15. The van der Waals surface area contributed by atoms with E-state index in [0.29, 0.717) is 20.9 Å². The lowest BCUT2D eigenvalue weighted by Crippen LogP contribution is -2.22. The molecule has 0 aromatic heterocycles. The quantitative estimate of drug-likeness (QED) is 0.774. The van der Waals surface area contributed by atoms with E-state index >= 15 is 0 Å². The molecular weight excluding hydrogens is 382 g/mol. The number of hydrogen-bond donors (Lipinski definition) is 2. The minimum absolute atomic E-state index is 0.0326. The van der Waals surface area contributed by atoms with Crippen molar-refractivity contribution in [3.8, 4) is 0 Å². The molecule has 0 spiro atoms. The zero-order chi connectivity index (χ0) is 15.4. The molecule has 0 unspecified atom stereocenters. The number of nitrogens with one attached hydrogen (secondary N) is 2. The van der Waals surface area contributed by atoms with Gasteiger partial charge in [-0.25, -0.2) is 4.39 Å². The van der Waals surface area contributed by atoms with Gasteiger partial charge in [0, 0.05) is 4.47 Å². The monoisotopic (exact) mass is 390 g/mol. The number of carbonyl (C=O) groups excluding carboxylic acids is 1. The molecule has 0 atom stereocenters. The molecule has 0 heterocycles. The number of halogens is 4. The van der Waals surface area contributed by atoms with Crippen LogP contribution in [0.1, 0.15) is 0 Å². The smallest absolute Gasteiger partial charge is 0.243 e. The third-order valence-corrected chi connectivity index (χ3v) is 3.83. The molecular formula is C14H10BrCl2FN2O. The summed E-state index contributed by atoms with van der Waals surface area (Å²) in [5.74, 6) is -0.756. The maximum Gasteiger partial charge on any atom is 0.243 e. The fourth-order valence-corrected chi connectivity index (χ4v) is 2.78. The first-order valence-electron chi connectivity index (χ1n) is 5.90. The van der Waals surface area contributed by atoms with Crippen molar-refractivity contribution in [1.82, 2.24) is 0 Å². The Kier molecular flexibility index (Phi) is 5.45. The van der Waals surface area contributed by atoms with Crippen molar-refractivity contribution >= 4 is 56.4 Å². The molecule has 0 aliphatic heterocycles. The summed E-state index contributed by atoms with van der Waals surface area (Å²) >= 11 is 15.1. The van der Waals surface area contributed by atoms with E-state index in [1.807, 2.05) is 0 Å². The number of amides is 1. The molecule has 0 fully saturated rings. The second-order valence-corrected chi connectivity index (χ2v) is 5.79. The van der Waals surface area contributed by atoms with E-state index in [2.05, 4.69) is 26.6 Å². The van der Waals surface area contributed by atoms with Crippen molar-refractivity contribution in [1.29, 1.82) is 0 Å². The number of hydrogen-bond acceptors (Lipinski definition) is 2. The molecule has 3 nitrogen and oxygen atoms in total. The van der Waals surface area contributed by atoms with Crippen molar-refractivity contribution in [2.45, 2.75) is 0 Å². The van der Waals surface area contributed by atoms with Crippen LogP contribution >= 0.6 is 39.1 Å². The van der Waals surface area contributed by atoms with E-state index in [1.165, 1.54) is 12.1 Å². The Morgan fingerprint density at radius 3 is 2.57 bits per heavy atom. The highest BCUT2D eigenvalue weighted by Gasteiger charge is 2.10. The first-order chi connectivity index (χ1) is 9.97. The third kappa shape index (κ3) is 4.33. The summed E-state index contributed by atoms with van der Waals surface area (Å²) in [6, 6.07) is 9.34. The topological polar surface area (TPSA) is 41.1 Å². The van der Waals surface area contributed by atoms with Gasteiger partial charge >= 0.3 is 0 Å². The average molecular weight is 392 g/mol. The molecule has 0 aliphatic carbocycles. The third-order valence-electron chi connectivity index (χ3n) is 2.58. The van der Waals surface area contributed by atoms with Crippen LogP contribution in [0.3, 0.4) is 0 Å². The fourth-order valence-electron chi connectivity index (χ4n) is 1.64. The van der Waals surface area contributed by atoms with Crippen molar-refractivity contribution in [2.24, 2.45) is 0 Å². The van der Waals surface area contributed by atoms with Gasteiger partial charge in [-0.1, -0.05) is 35.3 Å². The molecule has 0 radical (unpaired) electrons. The van der Waals surface area contributed by atoms with Crippen LogP contribution < -0.4 is 10.6 Å². The number of benzene rings is 2. The Morgan fingerprint density at radius 1 is 1.19 bits per heavy atom. The number of rotatable bonds is 4. The highest BCUT2D eigenvalue weighted by Crippen LogP contribution is 2.31. The van der Waals surface area contributed by atoms with Crippen molar-refractivity contribution in [3.63, 3.8) is 0 Å². The normalized spacial score (nSPS) is 10.3. The van der Waals surface area contributed by atoms with Gasteiger partial charge in [-0.05, 0) is 40.2 Å². The van der Waals surface area contributed by atoms with Crippen LogP contribution in [-0.2, 0) is 4.79 Å². The average Bonchev–Trinajstić information content (AvgIpc) is 2.40. The zero-order valence-corrected chi connectivity index (χ0v) is 13.7. The van der Waals surface area contributed by atoms with E-state index in [9.17, 15) is 9.18 Å². The van der Waals surface area contributed by atoms with Crippen molar-refractivity contribution in [3.05, 3.63) is 56.7 Å². The maximum absolute atomic E-state index is 13.1. The Bertz CT molecular complexity index is 659. The van der Waals surface area contributed by atoms with E-state index in [4.69, 9.17) is 23.2 Å². The Hall–Kier alpha value is -1.30. The molecule has 21 heavy (non-hydrogen) atoms. The molecule has 2 N–H and O–H groups in total. The van der Waals surface area contributed by atoms with Crippen LogP contribution in [0.15, 0.2) is 40.9 Å². The Balaban J connectivity index is 2.01. The van der Waals surface area contributed by atoms with Gasteiger partial charge in [0.05, 0.1) is 28.0 Å². The molecule has 2 aromatic carbocycles. The van der Waals surface area contributed by atoms with Gasteiger partial charge in [-0.2, -0.15) is 0 Å². The SMILES string of the molecule is O=C(CNc1c(Cl)cc(F)cc1Br)Nc1ccccc1Cl. The predicted molar refractivity (Wildman–Crippen MR) is 87.7 cm³/mol. The largest absolute Gasteiger partial charge is 0.374 e. The lowest BCUT2D eigenvalue weighted by molar-refractivity contribution is -0.114. The van der Waals surface area contributed by atoms with Crippen LogP contribution in [0, 0.1) is 5.82 Å². The minimum Gasteiger partial charge on any atom is -0.374 e.